The largest absolute Gasteiger partial charge is 0.467 e. The molecule has 0 fully saturated rings. The van der Waals surface area contributed by atoms with Gasteiger partial charge in [0, 0.05) is 5.69 Å². The van der Waals surface area contributed by atoms with Crippen LogP contribution in [0.15, 0.2) is 74.9 Å². The summed E-state index contributed by atoms with van der Waals surface area (Å²) in [5.41, 5.74) is -0.514. The van der Waals surface area contributed by atoms with E-state index in [1.165, 1.54) is 23.0 Å². The monoisotopic (exact) mass is 427 g/mol. The Morgan fingerprint density at radius 3 is 2.60 bits per heavy atom. The maximum Gasteiger partial charge on any atom is 0.332 e. The van der Waals surface area contributed by atoms with E-state index in [0.717, 1.165) is 10.6 Å². The SMILES string of the molecule is O=C(Cn1c(=O)n(Cc2ccco2)c(=O)c2ccccc21)Nc1ccc(F)c(Cl)c1. The molecule has 152 valence electrons. The van der Waals surface area contributed by atoms with Crippen LogP contribution in [-0.2, 0) is 17.9 Å². The van der Waals surface area contributed by atoms with Crippen LogP contribution < -0.4 is 16.6 Å². The van der Waals surface area contributed by atoms with Crippen LogP contribution in [0.25, 0.3) is 10.9 Å². The highest BCUT2D eigenvalue weighted by atomic mass is 35.5. The van der Waals surface area contributed by atoms with E-state index in [1.54, 1.807) is 36.4 Å². The van der Waals surface area contributed by atoms with Crippen LogP contribution in [0.2, 0.25) is 5.02 Å². The normalized spacial score (nSPS) is 11.0. The molecule has 0 atom stereocenters. The van der Waals surface area contributed by atoms with Crippen molar-refractivity contribution in [3.63, 3.8) is 0 Å². The quantitative estimate of drug-likeness (QED) is 0.529. The molecule has 9 heteroatoms. The number of carbonyl (C=O) groups is 1. The number of carbonyl (C=O) groups excluding carboxylic acids is 1. The van der Waals surface area contributed by atoms with Gasteiger partial charge in [-0.05, 0) is 42.5 Å². The first kappa shape index (κ1) is 19.7. The van der Waals surface area contributed by atoms with Gasteiger partial charge in [0.05, 0.1) is 28.7 Å². The zero-order valence-corrected chi connectivity index (χ0v) is 16.2. The Kier molecular flexibility index (Phi) is 5.24. The Morgan fingerprint density at radius 2 is 1.87 bits per heavy atom. The number of para-hydroxylation sites is 1. The van der Waals surface area contributed by atoms with Crippen LogP contribution in [-0.4, -0.2) is 15.0 Å². The van der Waals surface area contributed by atoms with E-state index in [0.29, 0.717) is 16.7 Å². The van der Waals surface area contributed by atoms with Crippen molar-refractivity contribution < 1.29 is 13.6 Å². The molecule has 2 heterocycles. The number of hydrogen-bond donors (Lipinski definition) is 1. The van der Waals surface area contributed by atoms with E-state index in [1.807, 2.05) is 0 Å². The summed E-state index contributed by atoms with van der Waals surface area (Å²) in [6, 6.07) is 13.6. The number of halogens is 2. The smallest absolute Gasteiger partial charge is 0.332 e. The molecule has 0 aliphatic carbocycles. The minimum absolute atomic E-state index is 0.0648. The van der Waals surface area contributed by atoms with E-state index in [4.69, 9.17) is 16.0 Å². The molecule has 4 aromatic rings. The van der Waals surface area contributed by atoms with Gasteiger partial charge in [0.2, 0.25) is 5.91 Å². The number of nitrogens with one attached hydrogen (secondary N) is 1. The molecule has 7 nitrogen and oxygen atoms in total. The fraction of sp³-hybridized carbons (Fsp3) is 0.0952. The van der Waals surface area contributed by atoms with E-state index >= 15 is 0 Å². The fourth-order valence-electron chi connectivity index (χ4n) is 3.14. The Morgan fingerprint density at radius 1 is 1.07 bits per heavy atom. The third-order valence-corrected chi connectivity index (χ3v) is 4.82. The topological polar surface area (TPSA) is 86.2 Å². The van der Waals surface area contributed by atoms with Gasteiger partial charge in [0.1, 0.15) is 18.1 Å². The van der Waals surface area contributed by atoms with Crippen LogP contribution in [0, 0.1) is 5.82 Å². The first-order chi connectivity index (χ1) is 14.4. The number of fused-ring (bicyclic) bond motifs is 1. The molecule has 4 rings (SSSR count). The highest BCUT2D eigenvalue weighted by Gasteiger charge is 2.16. The lowest BCUT2D eigenvalue weighted by Crippen LogP contribution is -2.42. The van der Waals surface area contributed by atoms with Crippen molar-refractivity contribution in [2.75, 3.05) is 5.32 Å². The van der Waals surface area contributed by atoms with Crippen LogP contribution in [0.1, 0.15) is 5.76 Å². The number of nitrogens with zero attached hydrogens (tertiary/aromatic N) is 2. The van der Waals surface area contributed by atoms with Crippen LogP contribution in [0.4, 0.5) is 10.1 Å². The summed E-state index contributed by atoms with van der Waals surface area (Å²) in [5, 5.41) is 2.73. The van der Waals surface area contributed by atoms with Gasteiger partial charge in [-0.15, -0.1) is 0 Å². The fourth-order valence-corrected chi connectivity index (χ4v) is 3.32. The second-order valence-electron chi connectivity index (χ2n) is 6.53. The first-order valence-electron chi connectivity index (χ1n) is 8.93. The number of anilines is 1. The Hall–Kier alpha value is -3.65. The lowest BCUT2D eigenvalue weighted by molar-refractivity contribution is -0.116. The summed E-state index contributed by atoms with van der Waals surface area (Å²) < 4.78 is 20.8. The molecule has 0 aliphatic heterocycles. The molecular formula is C21H15ClFN3O4. The molecule has 0 radical (unpaired) electrons. The molecule has 0 saturated carbocycles. The molecular weight excluding hydrogens is 413 g/mol. The number of rotatable bonds is 5. The summed E-state index contributed by atoms with van der Waals surface area (Å²) in [6.07, 6.45) is 1.45. The summed E-state index contributed by atoms with van der Waals surface area (Å²) in [5.74, 6) is -0.712. The van der Waals surface area contributed by atoms with E-state index in [9.17, 15) is 18.8 Å². The van der Waals surface area contributed by atoms with Gasteiger partial charge in [0.15, 0.2) is 0 Å². The Labute approximate surface area is 173 Å². The van der Waals surface area contributed by atoms with Gasteiger partial charge < -0.3 is 9.73 Å². The highest BCUT2D eigenvalue weighted by molar-refractivity contribution is 6.31. The average molecular weight is 428 g/mol. The number of aromatic nitrogens is 2. The van der Waals surface area contributed by atoms with Crippen molar-refractivity contribution in [1.29, 1.82) is 0 Å². The zero-order chi connectivity index (χ0) is 21.3. The van der Waals surface area contributed by atoms with Crippen molar-refractivity contribution >= 4 is 34.1 Å². The van der Waals surface area contributed by atoms with Gasteiger partial charge in [-0.3, -0.25) is 18.7 Å². The third-order valence-electron chi connectivity index (χ3n) is 4.53. The maximum atomic E-state index is 13.3. The van der Waals surface area contributed by atoms with Crippen molar-refractivity contribution in [2.45, 2.75) is 13.1 Å². The summed E-state index contributed by atoms with van der Waals surface area (Å²) in [6.45, 7) is -0.419. The molecule has 1 amide bonds. The predicted molar refractivity (Wildman–Crippen MR) is 110 cm³/mol. The third kappa shape index (κ3) is 3.77. The molecule has 2 aromatic carbocycles. The number of hydrogen-bond acceptors (Lipinski definition) is 4. The predicted octanol–water partition coefficient (Wildman–Crippen LogP) is 3.24. The summed E-state index contributed by atoms with van der Waals surface area (Å²) in [7, 11) is 0. The summed E-state index contributed by atoms with van der Waals surface area (Å²) >= 11 is 5.74. The second kappa shape index (κ2) is 8.00. The van der Waals surface area contributed by atoms with Gasteiger partial charge >= 0.3 is 5.69 Å². The number of benzene rings is 2. The van der Waals surface area contributed by atoms with E-state index in [2.05, 4.69) is 5.32 Å². The van der Waals surface area contributed by atoms with E-state index in [-0.39, 0.29) is 23.8 Å². The van der Waals surface area contributed by atoms with Crippen LogP contribution in [0.3, 0.4) is 0 Å². The van der Waals surface area contributed by atoms with Gasteiger partial charge in [-0.1, -0.05) is 23.7 Å². The number of amides is 1. The van der Waals surface area contributed by atoms with Crippen molar-refractivity contribution in [3.05, 3.63) is 98.3 Å². The molecule has 0 unspecified atom stereocenters. The Bertz CT molecular complexity index is 1360. The van der Waals surface area contributed by atoms with E-state index < -0.39 is 23.0 Å². The molecule has 0 bridgehead atoms. The average Bonchev–Trinajstić information content (AvgIpc) is 3.24. The van der Waals surface area contributed by atoms with Crippen molar-refractivity contribution in [2.24, 2.45) is 0 Å². The molecule has 2 aromatic heterocycles. The first-order valence-corrected chi connectivity index (χ1v) is 9.31. The molecule has 30 heavy (non-hydrogen) atoms. The van der Waals surface area contributed by atoms with Gasteiger partial charge in [0.25, 0.3) is 5.56 Å². The number of furan rings is 1. The minimum atomic E-state index is -0.651. The van der Waals surface area contributed by atoms with Crippen LogP contribution >= 0.6 is 11.6 Å². The van der Waals surface area contributed by atoms with Gasteiger partial charge in [-0.25, -0.2) is 9.18 Å². The lowest BCUT2D eigenvalue weighted by Gasteiger charge is -2.14. The van der Waals surface area contributed by atoms with Crippen molar-refractivity contribution in [3.8, 4) is 0 Å². The highest BCUT2D eigenvalue weighted by Crippen LogP contribution is 2.19. The second-order valence-corrected chi connectivity index (χ2v) is 6.94. The standard InChI is InChI=1S/C21H15ClFN3O4/c22-16-10-13(7-8-17(16)23)24-19(27)12-25-18-6-2-1-5-15(18)20(28)26(21(25)29)11-14-4-3-9-30-14/h1-10H,11-12H2,(H,24,27). The molecule has 1 N–H and O–H groups in total. The molecule has 0 aliphatic rings. The maximum absolute atomic E-state index is 13.3. The molecule has 0 saturated heterocycles. The summed E-state index contributed by atoms with van der Waals surface area (Å²) in [4.78, 5) is 38.5. The Balaban J connectivity index is 1.73. The zero-order valence-electron chi connectivity index (χ0n) is 15.5. The van der Waals surface area contributed by atoms with Crippen molar-refractivity contribution in [1.82, 2.24) is 9.13 Å². The van der Waals surface area contributed by atoms with Crippen LogP contribution in [0.5, 0.6) is 0 Å². The van der Waals surface area contributed by atoms with Gasteiger partial charge in [-0.2, -0.15) is 0 Å². The lowest BCUT2D eigenvalue weighted by atomic mass is 10.2. The molecule has 0 spiro atoms. The minimum Gasteiger partial charge on any atom is -0.467 e.